The molecule has 2 aromatic rings. The molecule has 1 saturated heterocycles. The Kier molecular flexibility index (Phi) is 7.15. The number of halogens is 1. The number of hydrogen-bond donors (Lipinski definition) is 1. The minimum Gasteiger partial charge on any atom is -0.497 e. The lowest BCUT2D eigenvalue weighted by Crippen LogP contribution is -2.36. The van der Waals surface area contributed by atoms with Gasteiger partial charge in [-0.2, -0.15) is 0 Å². The molecule has 0 aliphatic carbocycles. The van der Waals surface area contributed by atoms with Crippen LogP contribution < -0.4 is 10.1 Å². The van der Waals surface area contributed by atoms with Crippen LogP contribution in [0.25, 0.3) is 0 Å². The summed E-state index contributed by atoms with van der Waals surface area (Å²) in [5.74, 6) is 0.312. The monoisotopic (exact) mass is 414 g/mol. The molecule has 0 spiro atoms. The Morgan fingerprint density at radius 1 is 1.17 bits per heavy atom. The summed E-state index contributed by atoms with van der Waals surface area (Å²) < 4.78 is 5.24. The van der Waals surface area contributed by atoms with Crippen molar-refractivity contribution < 1.29 is 14.3 Å². The van der Waals surface area contributed by atoms with E-state index in [1.54, 1.807) is 36.3 Å². The molecule has 2 unspecified atom stereocenters. The summed E-state index contributed by atoms with van der Waals surface area (Å²) in [7, 11) is 1.62. The Labute approximate surface area is 177 Å². The average Bonchev–Trinajstić information content (AvgIpc) is 3.19. The van der Waals surface area contributed by atoms with Gasteiger partial charge >= 0.3 is 0 Å². The fraction of sp³-hybridized carbons (Fsp3) is 0.391. The highest BCUT2D eigenvalue weighted by molar-refractivity contribution is 6.30. The minimum atomic E-state index is -0.289. The van der Waals surface area contributed by atoms with E-state index in [0.29, 0.717) is 30.2 Å². The first-order chi connectivity index (χ1) is 14.0. The Morgan fingerprint density at radius 3 is 2.59 bits per heavy atom. The predicted molar refractivity (Wildman–Crippen MR) is 114 cm³/mol. The van der Waals surface area contributed by atoms with Crippen molar-refractivity contribution >= 4 is 23.4 Å². The highest BCUT2D eigenvalue weighted by atomic mass is 35.5. The van der Waals surface area contributed by atoms with E-state index in [1.165, 1.54) is 0 Å². The van der Waals surface area contributed by atoms with Crippen molar-refractivity contribution in [3.05, 3.63) is 64.7 Å². The number of amides is 2. The van der Waals surface area contributed by atoms with Crippen molar-refractivity contribution in [3.8, 4) is 5.75 Å². The largest absolute Gasteiger partial charge is 0.497 e. The van der Waals surface area contributed by atoms with Crippen LogP contribution in [0.15, 0.2) is 48.5 Å². The van der Waals surface area contributed by atoms with Crippen molar-refractivity contribution in [2.45, 2.75) is 25.7 Å². The van der Waals surface area contributed by atoms with Crippen LogP contribution in [0.5, 0.6) is 5.75 Å². The predicted octanol–water partition coefficient (Wildman–Crippen LogP) is 4.12. The molecular formula is C23H27ClN2O3. The molecule has 1 aliphatic heterocycles. The Morgan fingerprint density at radius 2 is 1.93 bits per heavy atom. The SMILES string of the molecule is CCCCNC(=O)C1CN(C(=O)c2cccc(Cl)c2)CC1c1ccc(OC)cc1. The van der Waals surface area contributed by atoms with Gasteiger partial charge in [0.2, 0.25) is 5.91 Å². The maximum atomic E-state index is 13.0. The molecule has 1 heterocycles. The van der Waals surface area contributed by atoms with E-state index in [-0.39, 0.29) is 23.7 Å². The van der Waals surface area contributed by atoms with Crippen LogP contribution in [-0.2, 0) is 4.79 Å². The lowest BCUT2D eigenvalue weighted by molar-refractivity contribution is -0.124. The highest BCUT2D eigenvalue weighted by Crippen LogP contribution is 2.34. The summed E-state index contributed by atoms with van der Waals surface area (Å²) in [4.78, 5) is 27.7. The van der Waals surface area contributed by atoms with Gasteiger partial charge in [-0.1, -0.05) is 43.1 Å². The number of carbonyl (C=O) groups excluding carboxylic acids is 2. The minimum absolute atomic E-state index is 0.000613. The number of methoxy groups -OCH3 is 1. The van der Waals surface area contributed by atoms with Gasteiger partial charge in [-0.05, 0) is 42.3 Å². The number of nitrogens with one attached hydrogen (secondary N) is 1. The van der Waals surface area contributed by atoms with Gasteiger partial charge in [0.1, 0.15) is 5.75 Å². The van der Waals surface area contributed by atoms with Crippen LogP contribution in [0.3, 0.4) is 0 Å². The molecule has 1 N–H and O–H groups in total. The third-order valence-electron chi connectivity index (χ3n) is 5.39. The fourth-order valence-corrected chi connectivity index (χ4v) is 3.94. The number of unbranched alkanes of at least 4 members (excludes halogenated alkanes) is 1. The Balaban J connectivity index is 1.82. The van der Waals surface area contributed by atoms with Gasteiger partial charge in [0.15, 0.2) is 0 Å². The number of benzene rings is 2. The first kappa shape index (κ1) is 21.2. The fourth-order valence-electron chi connectivity index (χ4n) is 3.75. The van der Waals surface area contributed by atoms with Crippen molar-refractivity contribution in [2.24, 2.45) is 5.92 Å². The van der Waals surface area contributed by atoms with Gasteiger partial charge in [0.25, 0.3) is 5.91 Å². The molecule has 0 radical (unpaired) electrons. The number of carbonyl (C=O) groups is 2. The number of hydrogen-bond acceptors (Lipinski definition) is 3. The molecule has 1 fully saturated rings. The maximum Gasteiger partial charge on any atom is 0.253 e. The molecule has 0 saturated carbocycles. The number of ether oxygens (including phenoxy) is 1. The Hall–Kier alpha value is -2.53. The average molecular weight is 415 g/mol. The maximum absolute atomic E-state index is 13.0. The first-order valence-corrected chi connectivity index (χ1v) is 10.4. The van der Waals surface area contributed by atoms with Gasteiger partial charge in [-0.25, -0.2) is 0 Å². The van der Waals surface area contributed by atoms with E-state index in [9.17, 15) is 9.59 Å². The van der Waals surface area contributed by atoms with Crippen molar-refractivity contribution in [3.63, 3.8) is 0 Å². The zero-order valence-corrected chi connectivity index (χ0v) is 17.6. The third-order valence-corrected chi connectivity index (χ3v) is 5.62. The number of likely N-dealkylation sites (tertiary alicyclic amines) is 1. The standard InChI is InChI=1S/C23H27ClN2O3/c1-3-4-12-25-22(27)21-15-26(23(28)17-6-5-7-18(24)13-17)14-20(21)16-8-10-19(29-2)11-9-16/h5-11,13,20-21H,3-4,12,14-15H2,1-2H3,(H,25,27). The topological polar surface area (TPSA) is 58.6 Å². The summed E-state index contributed by atoms with van der Waals surface area (Å²) in [6.45, 7) is 3.63. The van der Waals surface area contributed by atoms with Crippen molar-refractivity contribution in [1.82, 2.24) is 10.2 Å². The van der Waals surface area contributed by atoms with Crippen LogP contribution in [0.4, 0.5) is 0 Å². The van der Waals surface area contributed by atoms with Crippen LogP contribution >= 0.6 is 11.6 Å². The normalized spacial score (nSPS) is 18.5. The molecule has 2 aromatic carbocycles. The van der Waals surface area contributed by atoms with E-state index in [4.69, 9.17) is 16.3 Å². The molecule has 1 aliphatic rings. The van der Waals surface area contributed by atoms with Gasteiger partial charge in [-0.15, -0.1) is 0 Å². The number of rotatable bonds is 7. The van der Waals surface area contributed by atoms with Gasteiger partial charge in [0.05, 0.1) is 13.0 Å². The smallest absolute Gasteiger partial charge is 0.253 e. The Bertz CT molecular complexity index is 853. The van der Waals surface area contributed by atoms with Crippen molar-refractivity contribution in [2.75, 3.05) is 26.7 Å². The molecule has 0 aromatic heterocycles. The molecule has 2 atom stereocenters. The zero-order chi connectivity index (χ0) is 20.8. The van der Waals surface area contributed by atoms with Gasteiger partial charge in [-0.3, -0.25) is 9.59 Å². The highest BCUT2D eigenvalue weighted by Gasteiger charge is 2.40. The number of nitrogens with zero attached hydrogens (tertiary/aromatic N) is 1. The molecule has 154 valence electrons. The van der Waals surface area contributed by atoms with Crippen LogP contribution in [0, 0.1) is 5.92 Å². The van der Waals surface area contributed by atoms with Crippen molar-refractivity contribution in [1.29, 1.82) is 0 Å². The van der Waals surface area contributed by atoms with E-state index in [2.05, 4.69) is 12.2 Å². The summed E-state index contributed by atoms with van der Waals surface area (Å²) in [5.41, 5.74) is 1.57. The van der Waals surface area contributed by atoms with Crippen LogP contribution in [0.1, 0.15) is 41.6 Å². The lowest BCUT2D eigenvalue weighted by atomic mass is 9.88. The van der Waals surface area contributed by atoms with Crippen LogP contribution in [0.2, 0.25) is 5.02 Å². The van der Waals surface area contributed by atoms with E-state index in [0.717, 1.165) is 24.2 Å². The second-order valence-electron chi connectivity index (χ2n) is 7.35. The van der Waals surface area contributed by atoms with E-state index >= 15 is 0 Å². The van der Waals surface area contributed by atoms with Gasteiger partial charge < -0.3 is 15.0 Å². The van der Waals surface area contributed by atoms with E-state index < -0.39 is 0 Å². The summed E-state index contributed by atoms with van der Waals surface area (Å²) in [6, 6.07) is 14.7. The molecule has 29 heavy (non-hydrogen) atoms. The van der Waals surface area contributed by atoms with E-state index in [1.807, 2.05) is 24.3 Å². The molecule has 6 heteroatoms. The van der Waals surface area contributed by atoms with Crippen LogP contribution in [-0.4, -0.2) is 43.5 Å². The van der Waals surface area contributed by atoms with Gasteiger partial charge in [0, 0.05) is 36.1 Å². The zero-order valence-electron chi connectivity index (χ0n) is 16.9. The second kappa shape index (κ2) is 9.79. The molecule has 0 bridgehead atoms. The summed E-state index contributed by atoms with van der Waals surface area (Å²) in [5, 5.41) is 3.56. The lowest BCUT2D eigenvalue weighted by Gasteiger charge is -2.18. The first-order valence-electron chi connectivity index (χ1n) is 10.00. The summed E-state index contributed by atoms with van der Waals surface area (Å²) in [6.07, 6.45) is 1.96. The molecular weight excluding hydrogens is 388 g/mol. The molecule has 2 amide bonds. The molecule has 5 nitrogen and oxygen atoms in total. The summed E-state index contributed by atoms with van der Waals surface area (Å²) >= 11 is 6.05. The third kappa shape index (κ3) is 5.10. The second-order valence-corrected chi connectivity index (χ2v) is 7.79. The quantitative estimate of drug-likeness (QED) is 0.693. The molecule has 3 rings (SSSR count).